The van der Waals surface area contributed by atoms with Crippen molar-refractivity contribution in [1.29, 1.82) is 5.26 Å². The number of aromatic nitrogens is 3. The first-order valence-electron chi connectivity index (χ1n) is 10.9. The molecule has 5 aromatic rings. The third kappa shape index (κ3) is 4.53. The lowest BCUT2D eigenvalue weighted by molar-refractivity contribution is 0.437. The molecule has 2 heterocycles. The van der Waals surface area contributed by atoms with Gasteiger partial charge in [0.1, 0.15) is 17.1 Å². The summed E-state index contributed by atoms with van der Waals surface area (Å²) in [6, 6.07) is 14.4. The number of halogens is 3. The number of nitrogens with zero attached hydrogens (tertiary/aromatic N) is 5. The standard InChI is InChI=1S/C26H16Cl2FN5O3/c1-13-19-11-17(33-35)4-6-21(19)34(2)24(13)26-32-31-22(37-26)9-15-3-5-20(28)25(23(15)29)36-18-8-14(12-30)7-16(27)10-18/h3-8,10-11H,9H2,1-2H3. The summed E-state index contributed by atoms with van der Waals surface area (Å²) in [5.41, 5.74) is 3.17. The summed E-state index contributed by atoms with van der Waals surface area (Å²) in [6.07, 6.45) is -0.0203. The number of fused-ring (bicyclic) bond motifs is 1. The highest BCUT2D eigenvalue weighted by Gasteiger charge is 2.21. The number of hydrogen-bond acceptors (Lipinski definition) is 7. The lowest BCUT2D eigenvalue weighted by Crippen LogP contribution is -1.98. The molecule has 0 unspecified atom stereocenters. The Morgan fingerprint density at radius 1 is 1.16 bits per heavy atom. The van der Waals surface area contributed by atoms with Gasteiger partial charge in [0.25, 0.3) is 5.89 Å². The highest BCUT2D eigenvalue weighted by atomic mass is 35.5. The first-order valence-corrected chi connectivity index (χ1v) is 11.6. The fourth-order valence-corrected chi connectivity index (χ4v) is 4.58. The number of nitriles is 1. The number of ether oxygens (including phenoxy) is 1. The summed E-state index contributed by atoms with van der Waals surface area (Å²) >= 11 is 12.2. The van der Waals surface area contributed by atoms with Crippen molar-refractivity contribution in [3.8, 4) is 29.2 Å². The maximum absolute atomic E-state index is 15.4. The van der Waals surface area contributed by atoms with Crippen molar-refractivity contribution in [3.05, 3.63) is 91.9 Å². The van der Waals surface area contributed by atoms with E-state index in [1.54, 1.807) is 18.2 Å². The number of benzene rings is 3. The molecule has 0 aliphatic heterocycles. The molecule has 0 bridgehead atoms. The van der Waals surface area contributed by atoms with Crippen LogP contribution in [0.15, 0.2) is 58.1 Å². The van der Waals surface area contributed by atoms with Crippen LogP contribution in [0.25, 0.3) is 22.5 Å². The molecule has 0 saturated carbocycles. The van der Waals surface area contributed by atoms with E-state index in [9.17, 15) is 4.91 Å². The van der Waals surface area contributed by atoms with Gasteiger partial charge in [-0.2, -0.15) is 5.26 Å². The number of nitroso groups, excluding NO2 is 1. The van der Waals surface area contributed by atoms with E-state index in [1.807, 2.05) is 24.6 Å². The minimum atomic E-state index is -0.708. The van der Waals surface area contributed by atoms with Gasteiger partial charge in [-0.3, -0.25) is 0 Å². The van der Waals surface area contributed by atoms with Crippen LogP contribution in [0.2, 0.25) is 10.0 Å². The van der Waals surface area contributed by atoms with E-state index in [4.69, 9.17) is 37.6 Å². The molecule has 0 N–H and O–H groups in total. The fraction of sp³-hybridized carbons (Fsp3) is 0.115. The zero-order chi connectivity index (χ0) is 26.3. The van der Waals surface area contributed by atoms with Crippen molar-refractivity contribution in [1.82, 2.24) is 14.8 Å². The van der Waals surface area contributed by atoms with E-state index in [2.05, 4.69) is 15.4 Å². The largest absolute Gasteiger partial charge is 0.453 e. The summed E-state index contributed by atoms with van der Waals surface area (Å²) in [5, 5.41) is 21.5. The second-order valence-electron chi connectivity index (χ2n) is 8.24. The molecule has 0 aliphatic rings. The molecular weight excluding hydrogens is 520 g/mol. The quantitative estimate of drug-likeness (QED) is 0.207. The van der Waals surface area contributed by atoms with E-state index >= 15 is 4.39 Å². The van der Waals surface area contributed by atoms with Gasteiger partial charge < -0.3 is 13.7 Å². The van der Waals surface area contributed by atoms with Crippen molar-refractivity contribution in [2.24, 2.45) is 12.2 Å². The zero-order valence-electron chi connectivity index (χ0n) is 19.4. The SMILES string of the molecule is Cc1c(-c2nnc(Cc3ccc(Cl)c(Oc4cc(Cl)cc(C#N)c4)c3F)o2)n(C)c2ccc(N=O)cc12. The molecule has 0 radical (unpaired) electrons. The van der Waals surface area contributed by atoms with Gasteiger partial charge in [0, 0.05) is 28.5 Å². The highest BCUT2D eigenvalue weighted by molar-refractivity contribution is 6.32. The van der Waals surface area contributed by atoms with Crippen LogP contribution in [-0.2, 0) is 13.5 Å². The Morgan fingerprint density at radius 2 is 1.97 bits per heavy atom. The Labute approximate surface area is 219 Å². The second kappa shape index (κ2) is 9.65. The van der Waals surface area contributed by atoms with Crippen LogP contribution in [0.4, 0.5) is 10.1 Å². The number of rotatable bonds is 6. The van der Waals surface area contributed by atoms with Gasteiger partial charge in [0.15, 0.2) is 11.6 Å². The van der Waals surface area contributed by atoms with Gasteiger partial charge in [0.2, 0.25) is 5.89 Å². The summed E-state index contributed by atoms with van der Waals surface area (Å²) in [6.45, 7) is 1.88. The van der Waals surface area contributed by atoms with Crippen LogP contribution in [0.5, 0.6) is 11.5 Å². The van der Waals surface area contributed by atoms with Crippen molar-refractivity contribution >= 4 is 39.8 Å². The molecule has 8 nitrogen and oxygen atoms in total. The minimum absolute atomic E-state index is 0.0203. The second-order valence-corrected chi connectivity index (χ2v) is 9.09. The van der Waals surface area contributed by atoms with Gasteiger partial charge in [-0.1, -0.05) is 29.3 Å². The molecular formula is C26H16Cl2FN5O3. The molecule has 11 heteroatoms. The average Bonchev–Trinajstić information content (AvgIpc) is 3.44. The van der Waals surface area contributed by atoms with Gasteiger partial charge in [-0.25, -0.2) is 4.39 Å². The van der Waals surface area contributed by atoms with Crippen molar-refractivity contribution in [2.75, 3.05) is 0 Å². The molecule has 2 aromatic heterocycles. The Balaban J connectivity index is 1.46. The van der Waals surface area contributed by atoms with Crippen LogP contribution >= 0.6 is 23.2 Å². The number of hydrogen-bond donors (Lipinski definition) is 0. The normalized spacial score (nSPS) is 11.0. The monoisotopic (exact) mass is 535 g/mol. The van der Waals surface area contributed by atoms with E-state index in [0.29, 0.717) is 11.4 Å². The van der Waals surface area contributed by atoms with Crippen LogP contribution in [-0.4, -0.2) is 14.8 Å². The number of aryl methyl sites for hydroxylation is 2. The van der Waals surface area contributed by atoms with E-state index in [-0.39, 0.29) is 50.9 Å². The van der Waals surface area contributed by atoms with Crippen molar-refractivity contribution in [2.45, 2.75) is 13.3 Å². The predicted molar refractivity (Wildman–Crippen MR) is 137 cm³/mol. The average molecular weight is 536 g/mol. The Morgan fingerprint density at radius 3 is 2.73 bits per heavy atom. The van der Waals surface area contributed by atoms with Crippen LogP contribution in [0.1, 0.15) is 22.6 Å². The van der Waals surface area contributed by atoms with Gasteiger partial charge >= 0.3 is 0 Å². The molecule has 0 fully saturated rings. The predicted octanol–water partition coefficient (Wildman–Crippen LogP) is 7.64. The maximum Gasteiger partial charge on any atom is 0.264 e. The zero-order valence-corrected chi connectivity index (χ0v) is 20.9. The van der Waals surface area contributed by atoms with Gasteiger partial charge in [-0.05, 0) is 60.1 Å². The molecule has 0 atom stereocenters. The molecule has 5 rings (SSSR count). The van der Waals surface area contributed by atoms with Crippen LogP contribution < -0.4 is 4.74 Å². The Bertz CT molecular complexity index is 1740. The molecule has 0 saturated heterocycles. The Kier molecular flexibility index (Phi) is 6.38. The molecule has 0 aliphatic carbocycles. The van der Waals surface area contributed by atoms with E-state index < -0.39 is 5.82 Å². The van der Waals surface area contributed by atoms with E-state index in [1.165, 1.54) is 30.3 Å². The van der Waals surface area contributed by atoms with Gasteiger partial charge in [-0.15, -0.1) is 15.1 Å². The summed E-state index contributed by atoms with van der Waals surface area (Å²) < 4.78 is 28.8. The van der Waals surface area contributed by atoms with Crippen LogP contribution in [0, 0.1) is 29.0 Å². The summed E-state index contributed by atoms with van der Waals surface area (Å²) in [7, 11) is 1.85. The van der Waals surface area contributed by atoms with Crippen molar-refractivity contribution in [3.63, 3.8) is 0 Å². The Hall–Kier alpha value is -4.26. The summed E-state index contributed by atoms with van der Waals surface area (Å²) in [5.74, 6) is -0.326. The lowest BCUT2D eigenvalue weighted by atomic mass is 10.1. The smallest absolute Gasteiger partial charge is 0.264 e. The third-order valence-electron chi connectivity index (χ3n) is 5.90. The highest BCUT2D eigenvalue weighted by Crippen LogP contribution is 2.37. The molecule has 0 spiro atoms. The van der Waals surface area contributed by atoms with Crippen molar-refractivity contribution < 1.29 is 13.5 Å². The fourth-order valence-electron chi connectivity index (χ4n) is 4.17. The molecule has 184 valence electrons. The first-order chi connectivity index (χ1) is 17.8. The van der Waals surface area contributed by atoms with E-state index in [0.717, 1.165) is 16.5 Å². The maximum atomic E-state index is 15.4. The minimum Gasteiger partial charge on any atom is -0.453 e. The molecule has 37 heavy (non-hydrogen) atoms. The summed E-state index contributed by atoms with van der Waals surface area (Å²) in [4.78, 5) is 11.0. The first kappa shape index (κ1) is 24.4. The van der Waals surface area contributed by atoms with Gasteiger partial charge in [0.05, 0.1) is 23.1 Å². The molecule has 0 amide bonds. The lowest BCUT2D eigenvalue weighted by Gasteiger charge is -2.12. The topological polar surface area (TPSA) is 106 Å². The third-order valence-corrected chi connectivity index (χ3v) is 6.42. The molecule has 3 aromatic carbocycles. The van der Waals surface area contributed by atoms with Crippen LogP contribution in [0.3, 0.4) is 0 Å².